The smallest absolute Gasteiger partial charge is 0.244 e. The molecule has 0 spiro atoms. The maximum atomic E-state index is 13.2. The maximum absolute atomic E-state index is 13.2. The van der Waals surface area contributed by atoms with Gasteiger partial charge in [-0.1, -0.05) is 18.2 Å². The van der Waals surface area contributed by atoms with Crippen molar-refractivity contribution >= 4 is 11.8 Å². The van der Waals surface area contributed by atoms with E-state index in [1.165, 1.54) is 12.1 Å². The molecule has 0 bridgehead atoms. The number of nitrogens with one attached hydrogen (secondary N) is 2. The fourth-order valence-corrected chi connectivity index (χ4v) is 2.53. The van der Waals surface area contributed by atoms with Gasteiger partial charge in [0.1, 0.15) is 5.82 Å². The summed E-state index contributed by atoms with van der Waals surface area (Å²) in [7, 11) is 0. The molecule has 118 valence electrons. The summed E-state index contributed by atoms with van der Waals surface area (Å²) < 4.78 is 13.2. The molecule has 3 rings (SSSR count). The fourth-order valence-electron chi connectivity index (χ4n) is 2.53. The topological polar surface area (TPSA) is 71.1 Å². The number of hydrogen-bond donors (Lipinski definition) is 2. The van der Waals surface area contributed by atoms with Gasteiger partial charge in [-0.25, -0.2) is 4.39 Å². The number of pyridine rings is 1. The Hall–Kier alpha value is -2.76. The van der Waals surface area contributed by atoms with Crippen LogP contribution in [0.5, 0.6) is 0 Å². The van der Waals surface area contributed by atoms with Crippen LogP contribution in [0.2, 0.25) is 0 Å². The lowest BCUT2D eigenvalue weighted by molar-refractivity contribution is -0.129. The summed E-state index contributed by atoms with van der Waals surface area (Å²) in [5.74, 6) is -1.11. The lowest BCUT2D eigenvalue weighted by Gasteiger charge is -2.07. The van der Waals surface area contributed by atoms with E-state index in [0.29, 0.717) is 12.1 Å². The summed E-state index contributed by atoms with van der Waals surface area (Å²) in [6, 6.07) is 11.6. The van der Waals surface area contributed by atoms with Crippen LogP contribution in [-0.2, 0) is 16.0 Å². The molecule has 1 heterocycles. The van der Waals surface area contributed by atoms with Gasteiger partial charge in [0, 0.05) is 17.8 Å². The predicted octanol–water partition coefficient (Wildman–Crippen LogP) is 1.71. The molecule has 0 saturated heterocycles. The number of aromatic nitrogens is 1. The van der Waals surface area contributed by atoms with Crippen LogP contribution in [0.15, 0.2) is 48.7 Å². The van der Waals surface area contributed by atoms with Crippen LogP contribution < -0.4 is 10.9 Å². The molecule has 2 atom stereocenters. The van der Waals surface area contributed by atoms with Gasteiger partial charge in [0.05, 0.1) is 6.42 Å². The number of carbonyl (C=O) groups excluding carboxylic acids is 2. The molecule has 5 nitrogen and oxygen atoms in total. The highest BCUT2D eigenvalue weighted by Gasteiger charge is 2.44. The maximum Gasteiger partial charge on any atom is 0.244 e. The third kappa shape index (κ3) is 3.91. The Bertz CT molecular complexity index is 721. The normalized spacial score (nSPS) is 19.0. The van der Waals surface area contributed by atoms with Gasteiger partial charge in [-0.2, -0.15) is 0 Å². The van der Waals surface area contributed by atoms with Crippen LogP contribution in [0.1, 0.15) is 23.6 Å². The Kier molecular flexibility index (Phi) is 4.32. The molecule has 1 aromatic heterocycles. The zero-order chi connectivity index (χ0) is 16.2. The van der Waals surface area contributed by atoms with Crippen molar-refractivity contribution in [3.05, 3.63) is 65.7 Å². The van der Waals surface area contributed by atoms with E-state index >= 15 is 0 Å². The van der Waals surface area contributed by atoms with E-state index in [0.717, 1.165) is 5.56 Å². The number of rotatable bonds is 4. The van der Waals surface area contributed by atoms with Crippen molar-refractivity contribution in [2.45, 2.75) is 18.8 Å². The molecule has 1 aromatic carbocycles. The zero-order valence-corrected chi connectivity index (χ0v) is 12.3. The quantitative estimate of drug-likeness (QED) is 0.844. The van der Waals surface area contributed by atoms with Crippen molar-refractivity contribution in [2.24, 2.45) is 5.92 Å². The summed E-state index contributed by atoms with van der Waals surface area (Å²) in [5, 5.41) is 0. The predicted molar refractivity (Wildman–Crippen MR) is 81.5 cm³/mol. The minimum absolute atomic E-state index is 0.0124. The lowest BCUT2D eigenvalue weighted by Crippen LogP contribution is -2.43. The van der Waals surface area contributed by atoms with Gasteiger partial charge in [0.15, 0.2) is 0 Å². The molecule has 1 aliphatic carbocycles. The molecule has 1 fully saturated rings. The number of carbonyl (C=O) groups is 2. The van der Waals surface area contributed by atoms with Crippen LogP contribution >= 0.6 is 0 Å². The van der Waals surface area contributed by atoms with Crippen molar-refractivity contribution < 1.29 is 14.0 Å². The molecule has 0 radical (unpaired) electrons. The summed E-state index contributed by atoms with van der Waals surface area (Å²) >= 11 is 0. The number of halogens is 1. The average Bonchev–Trinajstić information content (AvgIpc) is 3.34. The van der Waals surface area contributed by atoms with E-state index in [-0.39, 0.29) is 35.9 Å². The minimum atomic E-state index is -0.333. The zero-order valence-electron chi connectivity index (χ0n) is 12.3. The average molecular weight is 313 g/mol. The van der Waals surface area contributed by atoms with Crippen molar-refractivity contribution in [3.8, 4) is 0 Å². The Balaban J connectivity index is 1.46. The first-order chi connectivity index (χ1) is 11.1. The van der Waals surface area contributed by atoms with Gasteiger partial charge < -0.3 is 0 Å². The second-order valence-electron chi connectivity index (χ2n) is 5.54. The van der Waals surface area contributed by atoms with E-state index in [2.05, 4.69) is 15.8 Å². The number of hydrazine groups is 1. The SMILES string of the molecule is O=C(Cc1ccccn1)NNC(=O)[C@@H]1C[C@@H]1c1cccc(F)c1. The Morgan fingerprint density at radius 3 is 2.78 bits per heavy atom. The van der Waals surface area contributed by atoms with Crippen LogP contribution in [0.25, 0.3) is 0 Å². The fraction of sp³-hybridized carbons (Fsp3) is 0.235. The van der Waals surface area contributed by atoms with Gasteiger partial charge >= 0.3 is 0 Å². The molecule has 0 unspecified atom stereocenters. The summed E-state index contributed by atoms with van der Waals surface area (Å²) in [6.45, 7) is 0. The van der Waals surface area contributed by atoms with E-state index in [4.69, 9.17) is 0 Å². The van der Waals surface area contributed by atoms with Gasteiger partial charge in [-0.15, -0.1) is 0 Å². The standard InChI is InChI=1S/C17H16FN3O2/c18-12-5-3-4-11(8-12)14-10-15(14)17(23)21-20-16(22)9-13-6-1-2-7-19-13/h1-8,14-15H,9-10H2,(H,20,22)(H,21,23)/t14-,15-/m1/s1. The highest BCUT2D eigenvalue weighted by molar-refractivity contribution is 5.86. The Labute approximate surface area is 132 Å². The van der Waals surface area contributed by atoms with E-state index < -0.39 is 0 Å². The van der Waals surface area contributed by atoms with Crippen LogP contribution in [0.3, 0.4) is 0 Å². The summed E-state index contributed by atoms with van der Waals surface area (Å²) in [5.41, 5.74) is 6.24. The van der Waals surface area contributed by atoms with Crippen LogP contribution in [-0.4, -0.2) is 16.8 Å². The van der Waals surface area contributed by atoms with E-state index in [9.17, 15) is 14.0 Å². The first-order valence-corrected chi connectivity index (χ1v) is 7.37. The molecule has 2 amide bonds. The second kappa shape index (κ2) is 6.56. The molecule has 2 N–H and O–H groups in total. The van der Waals surface area contributed by atoms with Crippen LogP contribution in [0, 0.1) is 11.7 Å². The Morgan fingerprint density at radius 2 is 2.04 bits per heavy atom. The second-order valence-corrected chi connectivity index (χ2v) is 5.54. The number of amides is 2. The first-order valence-electron chi connectivity index (χ1n) is 7.37. The van der Waals surface area contributed by atoms with Crippen molar-refractivity contribution in [3.63, 3.8) is 0 Å². The summed E-state index contributed by atoms with van der Waals surface area (Å²) in [4.78, 5) is 27.8. The third-order valence-electron chi connectivity index (χ3n) is 3.80. The molecular formula is C17H16FN3O2. The lowest BCUT2D eigenvalue weighted by atomic mass is 10.1. The third-order valence-corrected chi connectivity index (χ3v) is 3.80. The Morgan fingerprint density at radius 1 is 1.17 bits per heavy atom. The van der Waals surface area contributed by atoms with Gasteiger partial charge in [-0.05, 0) is 42.2 Å². The van der Waals surface area contributed by atoms with E-state index in [1.807, 2.05) is 0 Å². The molecule has 1 saturated carbocycles. The molecular weight excluding hydrogens is 297 g/mol. The first kappa shape index (κ1) is 15.1. The molecule has 0 aliphatic heterocycles. The number of hydrogen-bond acceptors (Lipinski definition) is 3. The summed E-state index contributed by atoms with van der Waals surface area (Å²) in [6.07, 6.45) is 2.36. The molecule has 2 aromatic rings. The number of benzene rings is 1. The molecule has 6 heteroatoms. The van der Waals surface area contributed by atoms with Gasteiger partial charge in [0.2, 0.25) is 11.8 Å². The molecule has 23 heavy (non-hydrogen) atoms. The highest BCUT2D eigenvalue weighted by Crippen LogP contribution is 2.47. The van der Waals surface area contributed by atoms with Crippen molar-refractivity contribution in [1.29, 1.82) is 0 Å². The highest BCUT2D eigenvalue weighted by atomic mass is 19.1. The number of nitrogens with zero attached hydrogens (tertiary/aromatic N) is 1. The minimum Gasteiger partial charge on any atom is -0.273 e. The monoisotopic (exact) mass is 313 g/mol. The van der Waals surface area contributed by atoms with Gasteiger partial charge in [0.25, 0.3) is 0 Å². The van der Waals surface area contributed by atoms with Gasteiger partial charge in [-0.3, -0.25) is 25.4 Å². The van der Waals surface area contributed by atoms with Crippen molar-refractivity contribution in [1.82, 2.24) is 15.8 Å². The molecule has 1 aliphatic rings. The van der Waals surface area contributed by atoms with E-state index in [1.54, 1.807) is 36.5 Å². The van der Waals surface area contributed by atoms with Crippen molar-refractivity contribution in [2.75, 3.05) is 0 Å². The largest absolute Gasteiger partial charge is 0.273 e. The van der Waals surface area contributed by atoms with Crippen LogP contribution in [0.4, 0.5) is 4.39 Å².